The van der Waals surface area contributed by atoms with Crippen LogP contribution in [0, 0.1) is 0 Å². The lowest BCUT2D eigenvalue weighted by molar-refractivity contribution is 0.0988. The summed E-state index contributed by atoms with van der Waals surface area (Å²) < 4.78 is 0.470. The molecule has 0 amide bonds. The van der Waals surface area contributed by atoms with Crippen LogP contribution in [0.25, 0.3) is 0 Å². The molecule has 2 rings (SSSR count). The van der Waals surface area contributed by atoms with Crippen molar-refractivity contribution in [2.45, 2.75) is 30.9 Å². The van der Waals surface area contributed by atoms with Crippen molar-refractivity contribution < 1.29 is 4.79 Å². The van der Waals surface area contributed by atoms with Crippen molar-refractivity contribution in [3.8, 4) is 0 Å². The van der Waals surface area contributed by atoms with Crippen molar-refractivity contribution in [1.29, 1.82) is 0 Å². The van der Waals surface area contributed by atoms with Gasteiger partial charge in [-0.1, -0.05) is 6.92 Å². The van der Waals surface area contributed by atoms with Gasteiger partial charge in [0.15, 0.2) is 5.78 Å². The third-order valence-electron chi connectivity index (χ3n) is 3.38. The molecule has 0 aromatic heterocycles. The fourth-order valence-electron chi connectivity index (χ4n) is 1.83. The maximum Gasteiger partial charge on any atom is 0.162 e. The smallest absolute Gasteiger partial charge is 0.162 e. The summed E-state index contributed by atoms with van der Waals surface area (Å²) in [6.07, 6.45) is 5.38. The SMILES string of the molecule is CCC(=O)c1ccc(NCC2(SC)CC2)cc1. The van der Waals surface area contributed by atoms with Gasteiger partial charge < -0.3 is 5.32 Å². The van der Waals surface area contributed by atoms with Gasteiger partial charge >= 0.3 is 0 Å². The Kier molecular flexibility index (Phi) is 3.77. The maximum atomic E-state index is 11.5. The molecule has 0 bridgehead atoms. The zero-order valence-electron chi connectivity index (χ0n) is 10.5. The average molecular weight is 249 g/mol. The van der Waals surface area contributed by atoms with Crippen LogP contribution in [0.4, 0.5) is 5.69 Å². The Balaban J connectivity index is 1.92. The Hall–Kier alpha value is -0.960. The molecule has 1 aliphatic rings. The second-order valence-corrected chi connectivity index (χ2v) is 5.87. The van der Waals surface area contributed by atoms with Crippen molar-refractivity contribution in [1.82, 2.24) is 0 Å². The van der Waals surface area contributed by atoms with Gasteiger partial charge in [0, 0.05) is 29.0 Å². The quantitative estimate of drug-likeness (QED) is 0.781. The van der Waals surface area contributed by atoms with E-state index in [0.717, 1.165) is 17.8 Å². The standard InChI is InChI=1S/C14H19NOS/c1-3-13(16)11-4-6-12(7-5-11)15-10-14(17-2)8-9-14/h4-7,15H,3,8-10H2,1-2H3. The number of ketones is 1. The third kappa shape index (κ3) is 3.03. The van der Waals surface area contributed by atoms with E-state index in [4.69, 9.17) is 0 Å². The van der Waals surface area contributed by atoms with Crippen LogP contribution < -0.4 is 5.32 Å². The number of rotatable bonds is 6. The molecule has 1 aromatic carbocycles. The molecule has 0 spiro atoms. The summed E-state index contributed by atoms with van der Waals surface area (Å²) in [5, 5.41) is 3.45. The van der Waals surface area contributed by atoms with Gasteiger partial charge in [0.2, 0.25) is 0 Å². The summed E-state index contributed by atoms with van der Waals surface area (Å²) in [6.45, 7) is 2.92. The number of anilines is 1. The molecule has 0 unspecified atom stereocenters. The first-order valence-electron chi connectivity index (χ1n) is 6.11. The first-order valence-corrected chi connectivity index (χ1v) is 7.34. The van der Waals surface area contributed by atoms with Crippen LogP contribution in [-0.2, 0) is 0 Å². The molecule has 0 radical (unpaired) electrons. The predicted octanol–water partition coefficient (Wildman–Crippen LogP) is 3.59. The molecule has 0 aliphatic heterocycles. The van der Waals surface area contributed by atoms with Crippen LogP contribution in [0.3, 0.4) is 0 Å². The second kappa shape index (κ2) is 5.13. The molecule has 0 saturated heterocycles. The van der Waals surface area contributed by atoms with Gasteiger partial charge in [-0.2, -0.15) is 11.8 Å². The van der Waals surface area contributed by atoms with Gasteiger partial charge in [0.1, 0.15) is 0 Å². The Morgan fingerprint density at radius 1 is 1.35 bits per heavy atom. The van der Waals surface area contributed by atoms with E-state index >= 15 is 0 Å². The normalized spacial score (nSPS) is 16.6. The number of carbonyl (C=O) groups excluding carboxylic acids is 1. The number of Topliss-reactive ketones (excluding diaryl/α,β-unsaturated/α-hetero) is 1. The van der Waals surface area contributed by atoms with Gasteiger partial charge in [-0.05, 0) is 43.4 Å². The van der Waals surface area contributed by atoms with E-state index in [1.807, 2.05) is 43.0 Å². The monoisotopic (exact) mass is 249 g/mol. The van der Waals surface area contributed by atoms with Gasteiger partial charge in [-0.25, -0.2) is 0 Å². The van der Waals surface area contributed by atoms with Crippen molar-refractivity contribution in [2.75, 3.05) is 18.1 Å². The first-order chi connectivity index (χ1) is 8.19. The highest BCUT2D eigenvalue weighted by Gasteiger charge is 2.41. The van der Waals surface area contributed by atoms with E-state index in [2.05, 4.69) is 11.6 Å². The average Bonchev–Trinajstić information content (AvgIpc) is 3.17. The van der Waals surface area contributed by atoms with Crippen LogP contribution in [0.15, 0.2) is 24.3 Å². The topological polar surface area (TPSA) is 29.1 Å². The van der Waals surface area contributed by atoms with E-state index in [1.165, 1.54) is 12.8 Å². The summed E-state index contributed by atoms with van der Waals surface area (Å²) in [4.78, 5) is 11.5. The second-order valence-electron chi connectivity index (χ2n) is 4.59. The molecule has 1 fully saturated rings. The van der Waals surface area contributed by atoms with E-state index in [1.54, 1.807) is 0 Å². The number of nitrogens with one attached hydrogen (secondary N) is 1. The molecule has 1 aromatic rings. The van der Waals surface area contributed by atoms with Crippen LogP contribution in [-0.4, -0.2) is 23.3 Å². The van der Waals surface area contributed by atoms with E-state index in [9.17, 15) is 4.79 Å². The number of hydrogen-bond acceptors (Lipinski definition) is 3. The van der Waals surface area contributed by atoms with Gasteiger partial charge in [-0.3, -0.25) is 4.79 Å². The fraction of sp³-hybridized carbons (Fsp3) is 0.500. The molecule has 0 heterocycles. The molecule has 17 heavy (non-hydrogen) atoms. The van der Waals surface area contributed by atoms with Crippen LogP contribution in [0.5, 0.6) is 0 Å². The summed E-state index contributed by atoms with van der Waals surface area (Å²) >= 11 is 1.95. The Labute approximate surface area is 107 Å². The lowest BCUT2D eigenvalue weighted by Crippen LogP contribution is -2.17. The van der Waals surface area contributed by atoms with Crippen molar-refractivity contribution in [3.05, 3.63) is 29.8 Å². The summed E-state index contributed by atoms with van der Waals surface area (Å²) in [6, 6.07) is 7.82. The third-order valence-corrected chi connectivity index (χ3v) is 4.80. The molecule has 1 saturated carbocycles. The minimum absolute atomic E-state index is 0.208. The lowest BCUT2D eigenvalue weighted by atomic mass is 10.1. The van der Waals surface area contributed by atoms with Gasteiger partial charge in [0.25, 0.3) is 0 Å². The highest BCUT2D eigenvalue weighted by Crippen LogP contribution is 2.46. The molecular weight excluding hydrogens is 230 g/mol. The van der Waals surface area contributed by atoms with E-state index < -0.39 is 0 Å². The molecule has 0 atom stereocenters. The Morgan fingerprint density at radius 3 is 2.47 bits per heavy atom. The van der Waals surface area contributed by atoms with Crippen molar-refractivity contribution in [2.24, 2.45) is 0 Å². The summed E-state index contributed by atoms with van der Waals surface area (Å²) in [5.41, 5.74) is 1.92. The van der Waals surface area contributed by atoms with Gasteiger partial charge in [0.05, 0.1) is 0 Å². The number of carbonyl (C=O) groups is 1. The minimum atomic E-state index is 0.208. The van der Waals surface area contributed by atoms with Crippen LogP contribution in [0.1, 0.15) is 36.5 Å². The largest absolute Gasteiger partial charge is 0.384 e. The van der Waals surface area contributed by atoms with Crippen molar-refractivity contribution in [3.63, 3.8) is 0 Å². The Bertz CT molecular complexity index is 395. The highest BCUT2D eigenvalue weighted by atomic mass is 32.2. The van der Waals surface area contributed by atoms with Crippen LogP contribution >= 0.6 is 11.8 Å². The van der Waals surface area contributed by atoms with Gasteiger partial charge in [-0.15, -0.1) is 0 Å². The number of benzene rings is 1. The molecule has 3 heteroatoms. The number of hydrogen-bond donors (Lipinski definition) is 1. The van der Waals surface area contributed by atoms with E-state index in [-0.39, 0.29) is 5.78 Å². The molecule has 1 aliphatic carbocycles. The van der Waals surface area contributed by atoms with Crippen molar-refractivity contribution >= 4 is 23.2 Å². The molecule has 2 nitrogen and oxygen atoms in total. The van der Waals surface area contributed by atoms with E-state index in [0.29, 0.717) is 11.2 Å². The number of thioether (sulfide) groups is 1. The zero-order valence-corrected chi connectivity index (χ0v) is 11.3. The minimum Gasteiger partial charge on any atom is -0.384 e. The van der Waals surface area contributed by atoms with Crippen LogP contribution in [0.2, 0.25) is 0 Å². The summed E-state index contributed by atoms with van der Waals surface area (Å²) in [5.74, 6) is 0.208. The highest BCUT2D eigenvalue weighted by molar-refractivity contribution is 8.00. The molecule has 1 N–H and O–H groups in total. The molecular formula is C14H19NOS. The molecule has 92 valence electrons. The first kappa shape index (κ1) is 12.5. The summed E-state index contributed by atoms with van der Waals surface area (Å²) in [7, 11) is 0. The lowest BCUT2D eigenvalue weighted by Gasteiger charge is -2.14. The maximum absolute atomic E-state index is 11.5. The zero-order chi connectivity index (χ0) is 12.3. The fourth-order valence-corrected chi connectivity index (χ4v) is 2.56. The predicted molar refractivity (Wildman–Crippen MR) is 75.0 cm³/mol. The Morgan fingerprint density at radius 2 is 2.00 bits per heavy atom.